The molecule has 48 heavy (non-hydrogen) atoms. The van der Waals surface area contributed by atoms with Gasteiger partial charge in [0.05, 0.1) is 27.5 Å². The van der Waals surface area contributed by atoms with E-state index in [4.69, 9.17) is 0 Å². The summed E-state index contributed by atoms with van der Waals surface area (Å²) >= 11 is 0. The Balaban J connectivity index is 1.58. The van der Waals surface area contributed by atoms with Crippen molar-refractivity contribution in [1.82, 2.24) is 0 Å². The molecule has 0 spiro atoms. The highest BCUT2D eigenvalue weighted by Gasteiger charge is 2.37. The van der Waals surface area contributed by atoms with Crippen molar-refractivity contribution in [3.05, 3.63) is 174 Å². The highest BCUT2D eigenvalue weighted by atomic mass is 15.0. The van der Waals surface area contributed by atoms with Crippen LogP contribution in [0.3, 0.4) is 0 Å². The minimum absolute atomic E-state index is 0.767. The fraction of sp³-hybridized carbons (Fsp3) is 0.0889. The summed E-state index contributed by atoms with van der Waals surface area (Å²) in [5.41, 5.74) is 17.0. The van der Waals surface area contributed by atoms with Gasteiger partial charge in [-0.2, -0.15) is 13.5 Å². The van der Waals surface area contributed by atoms with Crippen molar-refractivity contribution in [3.63, 3.8) is 0 Å². The van der Waals surface area contributed by atoms with Crippen molar-refractivity contribution in [2.24, 2.45) is 0 Å². The number of fused-ring (bicyclic) bond motifs is 14. The molecule has 1 aliphatic heterocycles. The van der Waals surface area contributed by atoms with Gasteiger partial charge in [0.25, 0.3) is 11.4 Å². The van der Waals surface area contributed by atoms with Crippen molar-refractivity contribution in [2.45, 2.75) is 27.3 Å². The molecule has 0 bridgehead atoms. The first-order valence-corrected chi connectivity index (χ1v) is 16.7. The lowest BCUT2D eigenvalue weighted by molar-refractivity contribution is -0.683. The lowest BCUT2D eigenvalue weighted by atomic mass is 9.94. The minimum atomic E-state index is 0.767. The van der Waals surface area contributed by atoms with Crippen LogP contribution in [0.1, 0.15) is 22.5 Å². The summed E-state index contributed by atoms with van der Waals surface area (Å²) in [5, 5.41) is 2.45. The summed E-state index contributed by atoms with van der Waals surface area (Å²) < 4.78 is 7.46. The third-order valence-corrected chi connectivity index (χ3v) is 10.1. The summed E-state index contributed by atoms with van der Waals surface area (Å²) in [6.07, 6.45) is 2.37. The Morgan fingerprint density at radius 1 is 0.500 bits per heavy atom. The highest BCUT2D eigenvalue weighted by Crippen LogP contribution is 2.38. The predicted octanol–water partition coefficient (Wildman–Crippen LogP) is 9.10. The van der Waals surface area contributed by atoms with E-state index in [-0.39, 0.29) is 0 Å². The van der Waals surface area contributed by atoms with Crippen molar-refractivity contribution in [2.75, 3.05) is 0 Å². The Bertz CT molecular complexity index is 2560. The summed E-state index contributed by atoms with van der Waals surface area (Å²) in [4.78, 5) is 0. The lowest BCUT2D eigenvalue weighted by Gasteiger charge is -2.14. The minimum Gasteiger partial charge on any atom is -0.191 e. The standard InChI is InChI=1S/C45H36N3/c1-30-27-43-37-22-10-12-24-39(37)45-44(47(43)29-40(30)33-17-5-4-6-18-33)38-23-11-9-21-36(38)41-25-13-15-31(2)46(41)28-34-19-7-8-20-35(34)42-26-14-16-32(3)48(42)45/h4-27,29H,28H2,1-3H3/q+3. The van der Waals surface area contributed by atoms with E-state index >= 15 is 0 Å². The number of hydrogen-bond acceptors (Lipinski definition) is 0. The van der Waals surface area contributed by atoms with Crippen LogP contribution in [0.4, 0.5) is 0 Å². The van der Waals surface area contributed by atoms with E-state index < -0.39 is 0 Å². The Morgan fingerprint density at radius 2 is 1.15 bits per heavy atom. The van der Waals surface area contributed by atoms with Crippen molar-refractivity contribution in [1.29, 1.82) is 0 Å². The van der Waals surface area contributed by atoms with Gasteiger partial charge < -0.3 is 0 Å². The fourth-order valence-electron chi connectivity index (χ4n) is 7.81. The summed E-state index contributed by atoms with van der Waals surface area (Å²) in [7, 11) is 0. The maximum atomic E-state index is 2.51. The van der Waals surface area contributed by atoms with Crippen LogP contribution < -0.4 is 13.5 Å². The number of rotatable bonds is 1. The van der Waals surface area contributed by atoms with Crippen molar-refractivity contribution >= 4 is 16.3 Å². The molecule has 0 amide bonds. The molecule has 0 aliphatic carbocycles. The van der Waals surface area contributed by atoms with Crippen LogP contribution >= 0.6 is 0 Å². The van der Waals surface area contributed by atoms with E-state index in [0.717, 1.165) is 6.54 Å². The number of pyridine rings is 4. The molecule has 0 saturated heterocycles. The number of aryl methyl sites for hydroxylation is 3. The summed E-state index contributed by atoms with van der Waals surface area (Å²) in [5.74, 6) is 0. The average Bonchev–Trinajstić information content (AvgIpc) is 3.14. The van der Waals surface area contributed by atoms with Crippen LogP contribution in [0.5, 0.6) is 0 Å². The van der Waals surface area contributed by atoms with Crippen LogP contribution in [0.2, 0.25) is 0 Å². The quantitative estimate of drug-likeness (QED) is 0.129. The van der Waals surface area contributed by atoms with Gasteiger partial charge in [-0.05, 0) is 60.5 Å². The van der Waals surface area contributed by atoms with E-state index in [0.29, 0.717) is 0 Å². The highest BCUT2D eigenvalue weighted by molar-refractivity contribution is 6.02. The molecular weight excluding hydrogens is 583 g/mol. The molecule has 4 aromatic heterocycles. The van der Waals surface area contributed by atoms with Crippen molar-refractivity contribution in [3.8, 4) is 50.6 Å². The Hall–Kier alpha value is -5.93. The summed E-state index contributed by atoms with van der Waals surface area (Å²) in [6, 6.07) is 53.4. The largest absolute Gasteiger partial charge is 0.292 e. The van der Waals surface area contributed by atoms with Gasteiger partial charge in [0, 0.05) is 55.3 Å². The van der Waals surface area contributed by atoms with E-state index in [9.17, 15) is 0 Å². The maximum Gasteiger partial charge on any atom is 0.292 e. The Morgan fingerprint density at radius 3 is 1.96 bits per heavy atom. The second-order valence-electron chi connectivity index (χ2n) is 13.0. The van der Waals surface area contributed by atoms with Gasteiger partial charge in [-0.3, -0.25) is 0 Å². The van der Waals surface area contributed by atoms with E-state index in [2.05, 4.69) is 186 Å². The molecule has 3 nitrogen and oxygen atoms in total. The van der Waals surface area contributed by atoms with Crippen LogP contribution in [-0.4, -0.2) is 0 Å². The molecule has 4 aromatic carbocycles. The fourth-order valence-corrected chi connectivity index (χ4v) is 7.81. The van der Waals surface area contributed by atoms with E-state index in [1.165, 1.54) is 89.4 Å². The monoisotopic (exact) mass is 618 g/mol. The SMILES string of the molecule is Cc1cc2c3ccccc3c3c([n+]2cc1-c1ccccc1)-c1ccccc1-c1cccc(C)[n+]1Cc1ccccc1-c1cccc(C)[n+]1-3. The first-order chi connectivity index (χ1) is 23.6. The topological polar surface area (TPSA) is 11.9 Å². The van der Waals surface area contributed by atoms with Crippen LogP contribution in [0.15, 0.2) is 152 Å². The van der Waals surface area contributed by atoms with Crippen molar-refractivity contribution < 1.29 is 13.5 Å². The van der Waals surface area contributed by atoms with Gasteiger partial charge in [0.1, 0.15) is 0 Å². The van der Waals surface area contributed by atoms with Gasteiger partial charge in [0.2, 0.25) is 16.9 Å². The van der Waals surface area contributed by atoms with E-state index in [1.54, 1.807) is 0 Å². The zero-order chi connectivity index (χ0) is 32.4. The molecule has 0 fully saturated rings. The molecule has 1 aliphatic rings. The molecule has 0 atom stereocenters. The van der Waals surface area contributed by atoms with Gasteiger partial charge in [-0.15, -0.1) is 0 Å². The Labute approximate surface area is 281 Å². The molecule has 3 heteroatoms. The first kappa shape index (κ1) is 28.3. The third kappa shape index (κ3) is 4.31. The second kappa shape index (κ2) is 11.1. The number of benzene rings is 4. The lowest BCUT2D eigenvalue weighted by Crippen LogP contribution is -2.42. The second-order valence-corrected chi connectivity index (χ2v) is 13.0. The van der Waals surface area contributed by atoms with Gasteiger partial charge in [-0.25, -0.2) is 0 Å². The molecule has 0 N–H and O–H groups in total. The normalized spacial score (nSPS) is 12.0. The average molecular weight is 619 g/mol. The molecule has 5 heterocycles. The zero-order valence-electron chi connectivity index (χ0n) is 27.5. The molecular formula is C45H36N3+3. The number of nitrogens with zero attached hydrogens (tertiary/aromatic N) is 3. The predicted molar refractivity (Wildman–Crippen MR) is 194 cm³/mol. The molecule has 0 saturated carbocycles. The molecule has 8 aromatic rings. The smallest absolute Gasteiger partial charge is 0.191 e. The number of aromatic nitrogens is 3. The number of hydrogen-bond donors (Lipinski definition) is 0. The van der Waals surface area contributed by atoms with Crippen LogP contribution in [0, 0.1) is 20.8 Å². The van der Waals surface area contributed by atoms with Gasteiger partial charge in [-0.1, -0.05) is 72.8 Å². The zero-order valence-corrected chi connectivity index (χ0v) is 27.5. The van der Waals surface area contributed by atoms with E-state index in [1.807, 2.05) is 0 Å². The molecule has 0 radical (unpaired) electrons. The molecule has 228 valence electrons. The van der Waals surface area contributed by atoms with Crippen LogP contribution in [0.25, 0.3) is 66.9 Å². The first-order valence-electron chi connectivity index (χ1n) is 16.7. The Kier molecular flexibility index (Phi) is 6.55. The third-order valence-electron chi connectivity index (χ3n) is 10.1. The summed E-state index contributed by atoms with van der Waals surface area (Å²) in [6.45, 7) is 7.47. The van der Waals surface area contributed by atoms with Gasteiger partial charge in [0.15, 0.2) is 24.1 Å². The molecule has 0 unspecified atom stereocenters. The maximum absolute atomic E-state index is 2.51. The van der Waals surface area contributed by atoms with Crippen LogP contribution in [-0.2, 0) is 6.54 Å². The van der Waals surface area contributed by atoms with Gasteiger partial charge >= 0.3 is 0 Å². The molecule has 9 rings (SSSR count).